The summed E-state index contributed by atoms with van der Waals surface area (Å²) in [6, 6.07) is 12.8. The second-order valence-electron chi connectivity index (χ2n) is 9.68. The highest BCUT2D eigenvalue weighted by atomic mass is 19.1. The third kappa shape index (κ3) is 2.99. The lowest BCUT2D eigenvalue weighted by Crippen LogP contribution is -2.50. The largest absolute Gasteiger partial charge is 0.507 e. The minimum Gasteiger partial charge on any atom is -0.507 e. The molecule has 2 aliphatic rings. The number of aromatic nitrogens is 2. The molecule has 4 heterocycles. The molecule has 33 heavy (non-hydrogen) atoms. The second-order valence-corrected chi connectivity index (χ2v) is 9.68. The number of nitrogens with zero attached hydrogens (tertiary/aromatic N) is 3. The highest BCUT2D eigenvalue weighted by Gasteiger charge is 2.50. The van der Waals surface area contributed by atoms with E-state index >= 15 is 0 Å². The van der Waals surface area contributed by atoms with E-state index in [2.05, 4.69) is 28.3 Å². The van der Waals surface area contributed by atoms with Crippen LogP contribution in [0.4, 0.5) is 10.4 Å². The Hall–Kier alpha value is -3.32. The first-order valence-electron chi connectivity index (χ1n) is 11.3. The summed E-state index contributed by atoms with van der Waals surface area (Å²) in [5, 5.41) is 11.9. The number of rotatable bonds is 2. The van der Waals surface area contributed by atoms with E-state index < -0.39 is 5.60 Å². The Morgan fingerprint density at radius 2 is 1.82 bits per heavy atom. The number of ether oxygens (including phenoxy) is 1. The molecule has 0 radical (unpaired) electrons. The van der Waals surface area contributed by atoms with Crippen LogP contribution in [-0.2, 0) is 15.8 Å². The topological polar surface area (TPSA) is 63.7 Å². The van der Waals surface area contributed by atoms with Crippen LogP contribution in [0, 0.1) is 5.82 Å². The highest BCUT2D eigenvalue weighted by molar-refractivity contribution is 5.94. The fourth-order valence-corrected chi connectivity index (χ4v) is 5.55. The SMILES string of the molecule is CC1(C)COC2(CCN(c3ncco3)CC2)c2c1n(-c1ccc(F)cc1)c1cccc(O)c21. The molecule has 0 atom stereocenters. The molecule has 0 bridgehead atoms. The smallest absolute Gasteiger partial charge is 0.297 e. The van der Waals surface area contributed by atoms with Gasteiger partial charge in [0.1, 0.15) is 17.8 Å². The number of benzene rings is 2. The van der Waals surface area contributed by atoms with Gasteiger partial charge in [0.15, 0.2) is 0 Å². The van der Waals surface area contributed by atoms with Gasteiger partial charge in [-0.25, -0.2) is 9.37 Å². The van der Waals surface area contributed by atoms with Crippen LogP contribution in [0.25, 0.3) is 16.6 Å². The second kappa shape index (κ2) is 7.09. The van der Waals surface area contributed by atoms with Crippen LogP contribution in [-0.4, -0.2) is 34.4 Å². The number of anilines is 1. The summed E-state index contributed by atoms with van der Waals surface area (Å²) in [7, 11) is 0. The third-order valence-corrected chi connectivity index (χ3v) is 7.12. The fraction of sp³-hybridized carbons (Fsp3) is 0.346. The van der Waals surface area contributed by atoms with Crippen molar-refractivity contribution in [1.82, 2.24) is 9.55 Å². The Labute approximate surface area is 191 Å². The van der Waals surface area contributed by atoms with Crippen molar-refractivity contribution in [3.05, 3.63) is 72.0 Å². The third-order valence-electron chi connectivity index (χ3n) is 7.12. The Kier molecular flexibility index (Phi) is 4.36. The maximum absolute atomic E-state index is 13.7. The summed E-state index contributed by atoms with van der Waals surface area (Å²) in [6.45, 7) is 6.35. The summed E-state index contributed by atoms with van der Waals surface area (Å²) >= 11 is 0. The molecule has 4 aromatic rings. The number of halogens is 1. The van der Waals surface area contributed by atoms with Crippen LogP contribution >= 0.6 is 0 Å². The Bertz CT molecular complexity index is 1320. The molecule has 2 aliphatic heterocycles. The van der Waals surface area contributed by atoms with Crippen molar-refractivity contribution in [2.24, 2.45) is 0 Å². The maximum Gasteiger partial charge on any atom is 0.297 e. The monoisotopic (exact) mass is 447 g/mol. The van der Waals surface area contributed by atoms with Crippen LogP contribution in [0.1, 0.15) is 37.9 Å². The zero-order chi connectivity index (χ0) is 22.8. The van der Waals surface area contributed by atoms with E-state index in [1.165, 1.54) is 12.1 Å². The normalized spacial score (nSPS) is 19.2. The van der Waals surface area contributed by atoms with Crippen LogP contribution in [0.15, 0.2) is 59.3 Å². The summed E-state index contributed by atoms with van der Waals surface area (Å²) in [4.78, 5) is 6.43. The zero-order valence-corrected chi connectivity index (χ0v) is 18.7. The molecule has 170 valence electrons. The molecule has 7 heteroatoms. The molecule has 2 aromatic carbocycles. The lowest BCUT2D eigenvalue weighted by atomic mass is 9.74. The van der Waals surface area contributed by atoms with Gasteiger partial charge in [0.05, 0.1) is 23.9 Å². The van der Waals surface area contributed by atoms with E-state index in [1.807, 2.05) is 12.1 Å². The van der Waals surface area contributed by atoms with Gasteiger partial charge in [-0.05, 0) is 49.2 Å². The van der Waals surface area contributed by atoms with Crippen LogP contribution in [0.3, 0.4) is 0 Å². The van der Waals surface area contributed by atoms with Crippen molar-refractivity contribution in [1.29, 1.82) is 0 Å². The van der Waals surface area contributed by atoms with Gasteiger partial charge in [-0.15, -0.1) is 0 Å². The van der Waals surface area contributed by atoms with Gasteiger partial charge in [0.25, 0.3) is 6.01 Å². The maximum atomic E-state index is 13.7. The van der Waals surface area contributed by atoms with Crippen molar-refractivity contribution in [3.8, 4) is 11.4 Å². The molecule has 0 amide bonds. The molecule has 2 aromatic heterocycles. The molecular formula is C26H26FN3O3. The van der Waals surface area contributed by atoms with Crippen molar-refractivity contribution in [2.75, 3.05) is 24.6 Å². The van der Waals surface area contributed by atoms with Crippen molar-refractivity contribution in [2.45, 2.75) is 37.7 Å². The Morgan fingerprint density at radius 1 is 1.06 bits per heavy atom. The van der Waals surface area contributed by atoms with E-state index in [-0.39, 0.29) is 17.0 Å². The van der Waals surface area contributed by atoms with Gasteiger partial charge in [0.2, 0.25) is 0 Å². The van der Waals surface area contributed by atoms with Crippen molar-refractivity contribution < 1.29 is 18.7 Å². The van der Waals surface area contributed by atoms with Crippen LogP contribution in [0.5, 0.6) is 5.75 Å². The van der Waals surface area contributed by atoms with Crippen LogP contribution in [0.2, 0.25) is 0 Å². The zero-order valence-electron chi connectivity index (χ0n) is 18.7. The van der Waals surface area contributed by atoms with Gasteiger partial charge in [-0.3, -0.25) is 0 Å². The average molecular weight is 448 g/mol. The Morgan fingerprint density at radius 3 is 2.52 bits per heavy atom. The minimum absolute atomic E-state index is 0.236. The van der Waals surface area contributed by atoms with Gasteiger partial charge < -0.3 is 23.7 Å². The number of oxazole rings is 1. The standard InChI is InChI=1S/C26H26FN3O3/c1-25(2)16-33-26(10-13-29(14-11-26)24-28-12-15-32-24)22-21-19(4-3-5-20(21)31)30(23(22)25)18-8-6-17(27)7-9-18/h3-9,12,15,31H,10-11,13-14,16H2,1-2H3. The molecule has 1 N–H and O–H groups in total. The summed E-state index contributed by atoms with van der Waals surface area (Å²) in [6.07, 6.45) is 4.74. The molecule has 1 saturated heterocycles. The van der Waals surface area contributed by atoms with E-state index in [1.54, 1.807) is 30.7 Å². The van der Waals surface area contributed by atoms with Crippen molar-refractivity contribution in [3.63, 3.8) is 0 Å². The summed E-state index contributed by atoms with van der Waals surface area (Å²) < 4.78 is 28.1. The van der Waals surface area contributed by atoms with Gasteiger partial charge in [-0.2, -0.15) is 0 Å². The number of hydrogen-bond acceptors (Lipinski definition) is 5. The number of aromatic hydroxyl groups is 1. The number of piperidine rings is 1. The van der Waals surface area contributed by atoms with Gasteiger partial charge in [0, 0.05) is 40.8 Å². The molecular weight excluding hydrogens is 421 g/mol. The van der Waals surface area contributed by atoms with E-state index in [4.69, 9.17) is 9.15 Å². The Balaban J connectivity index is 1.57. The lowest BCUT2D eigenvalue weighted by Gasteiger charge is -2.48. The first-order chi connectivity index (χ1) is 15.9. The van der Waals surface area contributed by atoms with E-state index in [0.717, 1.165) is 53.8 Å². The minimum atomic E-state index is -0.531. The quantitative estimate of drug-likeness (QED) is 0.454. The fourth-order valence-electron chi connectivity index (χ4n) is 5.55. The van der Waals surface area contributed by atoms with Gasteiger partial charge in [-0.1, -0.05) is 19.9 Å². The summed E-state index contributed by atoms with van der Waals surface area (Å²) in [5.74, 6) is -0.0367. The molecule has 6 nitrogen and oxygen atoms in total. The molecule has 0 saturated carbocycles. The van der Waals surface area contributed by atoms with Crippen LogP contribution < -0.4 is 4.90 Å². The predicted octanol–water partition coefficient (Wildman–Crippen LogP) is 5.27. The number of phenolic OH excluding ortho intramolecular Hbond substituents is 1. The molecule has 0 aliphatic carbocycles. The first-order valence-corrected chi connectivity index (χ1v) is 11.3. The molecule has 0 unspecified atom stereocenters. The number of phenols is 1. The highest BCUT2D eigenvalue weighted by Crippen LogP contribution is 2.53. The molecule has 1 fully saturated rings. The van der Waals surface area contributed by atoms with Gasteiger partial charge >= 0.3 is 0 Å². The number of fused-ring (bicyclic) bond motifs is 4. The first kappa shape index (κ1) is 20.3. The molecule has 1 spiro atoms. The molecule has 6 rings (SSSR count). The van der Waals surface area contributed by atoms with Crippen molar-refractivity contribution >= 4 is 16.9 Å². The predicted molar refractivity (Wildman–Crippen MR) is 124 cm³/mol. The van der Waals surface area contributed by atoms with E-state index in [9.17, 15) is 9.50 Å². The lowest BCUT2D eigenvalue weighted by molar-refractivity contribution is -0.0987. The van der Waals surface area contributed by atoms with E-state index in [0.29, 0.717) is 12.6 Å². The summed E-state index contributed by atoms with van der Waals surface area (Å²) in [5.41, 5.74) is 3.09. The number of hydrogen-bond donors (Lipinski definition) is 1. The average Bonchev–Trinajstić information content (AvgIpc) is 3.46.